The van der Waals surface area contributed by atoms with Crippen molar-refractivity contribution in [3.8, 4) is 6.07 Å². The summed E-state index contributed by atoms with van der Waals surface area (Å²) in [5, 5.41) is 17.6. The molecule has 1 atom stereocenters. The van der Waals surface area contributed by atoms with Crippen molar-refractivity contribution < 1.29 is 14.6 Å². The van der Waals surface area contributed by atoms with Crippen molar-refractivity contribution in [3.05, 3.63) is 18.0 Å². The van der Waals surface area contributed by atoms with Crippen molar-refractivity contribution in [2.24, 2.45) is 0 Å². The van der Waals surface area contributed by atoms with E-state index in [4.69, 9.17) is 15.1 Å². The van der Waals surface area contributed by atoms with E-state index in [0.29, 0.717) is 19.1 Å². The number of nitrogens with zero attached hydrogens (tertiary/aromatic N) is 4. The van der Waals surface area contributed by atoms with E-state index in [1.54, 1.807) is 4.90 Å². The summed E-state index contributed by atoms with van der Waals surface area (Å²) in [5.74, 6) is -0.648. The third-order valence-electron chi connectivity index (χ3n) is 2.38. The highest BCUT2D eigenvalue weighted by Crippen LogP contribution is 2.12. The fraction of sp³-hybridized carbons (Fsp3) is 0.400. The van der Waals surface area contributed by atoms with Gasteiger partial charge in [0.15, 0.2) is 6.10 Å². The third kappa shape index (κ3) is 2.49. The minimum Gasteiger partial charge on any atom is -0.479 e. The largest absolute Gasteiger partial charge is 0.479 e. The molecule has 1 aromatic rings. The molecule has 0 aromatic carbocycles. The van der Waals surface area contributed by atoms with Crippen LogP contribution in [0.3, 0.4) is 0 Å². The Kier molecular flexibility index (Phi) is 3.16. The summed E-state index contributed by atoms with van der Waals surface area (Å²) in [7, 11) is 0. The van der Waals surface area contributed by atoms with Gasteiger partial charge in [-0.25, -0.2) is 14.8 Å². The molecule has 2 rings (SSSR count). The van der Waals surface area contributed by atoms with Crippen LogP contribution in [0.2, 0.25) is 0 Å². The minimum absolute atomic E-state index is 0.185. The number of hydrogen-bond donors (Lipinski definition) is 1. The first kappa shape index (κ1) is 11.3. The van der Waals surface area contributed by atoms with E-state index >= 15 is 0 Å². The van der Waals surface area contributed by atoms with Gasteiger partial charge in [-0.2, -0.15) is 5.26 Å². The molecule has 1 N–H and O–H groups in total. The maximum absolute atomic E-state index is 10.8. The molecule has 1 aromatic heterocycles. The van der Waals surface area contributed by atoms with E-state index in [2.05, 4.69) is 9.97 Å². The molecule has 0 radical (unpaired) electrons. The van der Waals surface area contributed by atoms with E-state index in [0.717, 1.165) is 0 Å². The van der Waals surface area contributed by atoms with Gasteiger partial charge in [0, 0.05) is 12.7 Å². The topological polar surface area (TPSA) is 99.3 Å². The van der Waals surface area contributed by atoms with Gasteiger partial charge in [0.05, 0.1) is 13.2 Å². The molecule has 0 aliphatic carbocycles. The van der Waals surface area contributed by atoms with Crippen LogP contribution in [-0.2, 0) is 9.53 Å². The van der Waals surface area contributed by atoms with E-state index in [1.807, 2.05) is 6.07 Å². The fourth-order valence-electron chi connectivity index (χ4n) is 1.54. The van der Waals surface area contributed by atoms with Crippen LogP contribution in [0.15, 0.2) is 12.3 Å². The SMILES string of the molecule is N#Cc1ccnc(N2CCOC(C(=O)O)C2)n1. The Morgan fingerprint density at radius 3 is 3.24 bits per heavy atom. The molecule has 0 saturated carbocycles. The van der Waals surface area contributed by atoms with Crippen molar-refractivity contribution in [2.75, 3.05) is 24.6 Å². The van der Waals surface area contributed by atoms with Gasteiger partial charge in [-0.05, 0) is 6.07 Å². The molecule has 1 unspecified atom stereocenters. The summed E-state index contributed by atoms with van der Waals surface area (Å²) < 4.78 is 5.09. The molecule has 17 heavy (non-hydrogen) atoms. The highest BCUT2D eigenvalue weighted by molar-refractivity contribution is 5.73. The molecule has 1 aliphatic heterocycles. The average Bonchev–Trinajstić information content (AvgIpc) is 2.39. The number of rotatable bonds is 2. The zero-order valence-corrected chi connectivity index (χ0v) is 8.91. The van der Waals surface area contributed by atoms with E-state index in [9.17, 15) is 4.79 Å². The van der Waals surface area contributed by atoms with Crippen LogP contribution in [0.4, 0.5) is 5.95 Å². The highest BCUT2D eigenvalue weighted by Gasteiger charge is 2.27. The summed E-state index contributed by atoms with van der Waals surface area (Å²) >= 11 is 0. The molecule has 7 heteroatoms. The predicted molar refractivity (Wildman–Crippen MR) is 56.3 cm³/mol. The molecule has 1 saturated heterocycles. The monoisotopic (exact) mass is 234 g/mol. The van der Waals surface area contributed by atoms with Crippen LogP contribution in [-0.4, -0.2) is 46.8 Å². The molecular formula is C10H10N4O3. The van der Waals surface area contributed by atoms with E-state index in [-0.39, 0.29) is 12.2 Å². The Morgan fingerprint density at radius 1 is 1.71 bits per heavy atom. The van der Waals surface area contributed by atoms with E-state index < -0.39 is 12.1 Å². The van der Waals surface area contributed by atoms with Gasteiger partial charge in [0.1, 0.15) is 11.8 Å². The van der Waals surface area contributed by atoms with Gasteiger partial charge in [-0.3, -0.25) is 0 Å². The second-order valence-corrected chi connectivity index (χ2v) is 3.50. The lowest BCUT2D eigenvalue weighted by atomic mass is 10.3. The van der Waals surface area contributed by atoms with E-state index in [1.165, 1.54) is 12.3 Å². The first-order valence-corrected chi connectivity index (χ1v) is 5.03. The Bertz CT molecular complexity index is 471. The molecule has 7 nitrogen and oxygen atoms in total. The summed E-state index contributed by atoms with van der Waals surface area (Å²) in [6, 6.07) is 3.41. The smallest absolute Gasteiger partial charge is 0.334 e. The maximum atomic E-state index is 10.8. The van der Waals surface area contributed by atoms with Crippen molar-refractivity contribution in [3.63, 3.8) is 0 Å². The summed E-state index contributed by atoms with van der Waals surface area (Å²) in [6.07, 6.45) is 0.602. The summed E-state index contributed by atoms with van der Waals surface area (Å²) in [6.45, 7) is 1.000. The van der Waals surface area contributed by atoms with Crippen LogP contribution in [0.5, 0.6) is 0 Å². The molecule has 0 bridgehead atoms. The molecule has 1 fully saturated rings. The number of nitriles is 1. The molecular weight excluding hydrogens is 224 g/mol. The number of hydrogen-bond acceptors (Lipinski definition) is 6. The van der Waals surface area contributed by atoms with Crippen LogP contribution < -0.4 is 4.90 Å². The number of anilines is 1. The quantitative estimate of drug-likeness (QED) is 0.745. The van der Waals surface area contributed by atoms with Crippen LogP contribution in [0.25, 0.3) is 0 Å². The first-order valence-electron chi connectivity index (χ1n) is 5.03. The molecule has 1 aliphatic rings. The minimum atomic E-state index is -1.01. The number of morpholine rings is 1. The Balaban J connectivity index is 2.16. The zero-order valence-electron chi connectivity index (χ0n) is 8.91. The second kappa shape index (κ2) is 4.76. The fourth-order valence-corrected chi connectivity index (χ4v) is 1.54. The lowest BCUT2D eigenvalue weighted by Crippen LogP contribution is -2.46. The van der Waals surface area contributed by atoms with Crippen molar-refractivity contribution >= 4 is 11.9 Å². The molecule has 88 valence electrons. The Labute approximate surface area is 97.3 Å². The van der Waals surface area contributed by atoms with Crippen molar-refractivity contribution in [2.45, 2.75) is 6.10 Å². The van der Waals surface area contributed by atoms with Gasteiger partial charge in [0.2, 0.25) is 5.95 Å². The van der Waals surface area contributed by atoms with Gasteiger partial charge in [-0.1, -0.05) is 0 Å². The number of ether oxygens (including phenoxy) is 1. The van der Waals surface area contributed by atoms with Gasteiger partial charge < -0.3 is 14.7 Å². The van der Waals surface area contributed by atoms with Crippen LogP contribution in [0, 0.1) is 11.3 Å². The number of carboxylic acid groups (broad SMARTS) is 1. The predicted octanol–water partition coefficient (Wildman–Crippen LogP) is -0.362. The number of aromatic nitrogens is 2. The average molecular weight is 234 g/mol. The first-order chi connectivity index (χ1) is 8.20. The lowest BCUT2D eigenvalue weighted by Gasteiger charge is -2.30. The number of carboxylic acids is 1. The lowest BCUT2D eigenvalue weighted by molar-refractivity contribution is -0.150. The highest BCUT2D eigenvalue weighted by atomic mass is 16.5. The van der Waals surface area contributed by atoms with Crippen LogP contribution >= 0.6 is 0 Å². The summed E-state index contributed by atoms with van der Waals surface area (Å²) in [5.41, 5.74) is 0.258. The standard InChI is InChI=1S/C10H10N4O3/c11-5-7-1-2-12-10(13-7)14-3-4-17-8(6-14)9(15)16/h1-2,8H,3-4,6H2,(H,15,16). The van der Waals surface area contributed by atoms with Gasteiger partial charge in [-0.15, -0.1) is 0 Å². The Hall–Kier alpha value is -2.20. The Morgan fingerprint density at radius 2 is 2.53 bits per heavy atom. The summed E-state index contributed by atoms with van der Waals surface area (Å²) in [4.78, 5) is 20.5. The van der Waals surface area contributed by atoms with Crippen LogP contribution in [0.1, 0.15) is 5.69 Å². The van der Waals surface area contributed by atoms with Gasteiger partial charge >= 0.3 is 5.97 Å². The van der Waals surface area contributed by atoms with Crippen molar-refractivity contribution in [1.29, 1.82) is 5.26 Å². The number of carbonyl (C=O) groups is 1. The molecule has 2 heterocycles. The maximum Gasteiger partial charge on any atom is 0.334 e. The second-order valence-electron chi connectivity index (χ2n) is 3.50. The molecule has 0 amide bonds. The number of aliphatic carboxylic acids is 1. The third-order valence-corrected chi connectivity index (χ3v) is 2.38. The normalized spacial score (nSPS) is 19.7. The van der Waals surface area contributed by atoms with Gasteiger partial charge in [0.25, 0.3) is 0 Å². The van der Waals surface area contributed by atoms with Crippen molar-refractivity contribution in [1.82, 2.24) is 9.97 Å². The zero-order chi connectivity index (χ0) is 12.3. The molecule has 0 spiro atoms.